The average molecular weight is 276 g/mol. The molecule has 1 heterocycles. The molecule has 0 aliphatic carbocycles. The minimum absolute atomic E-state index is 0.441. The molecule has 0 saturated carbocycles. The summed E-state index contributed by atoms with van der Waals surface area (Å²) >= 11 is 0. The molecule has 1 aromatic carbocycles. The van der Waals surface area contributed by atoms with Crippen molar-refractivity contribution >= 4 is 0 Å². The minimum atomic E-state index is 0.441. The Morgan fingerprint density at radius 3 is 2.70 bits per heavy atom. The van der Waals surface area contributed by atoms with Gasteiger partial charge in [-0.25, -0.2) is 0 Å². The van der Waals surface area contributed by atoms with Gasteiger partial charge in [-0.05, 0) is 56.3 Å². The lowest BCUT2D eigenvalue weighted by Gasteiger charge is -2.32. The predicted octanol–water partition coefficient (Wildman–Crippen LogP) is 2.63. The number of hydrogen-bond donors (Lipinski definition) is 1. The van der Waals surface area contributed by atoms with Crippen LogP contribution in [0.5, 0.6) is 0 Å². The van der Waals surface area contributed by atoms with Crippen molar-refractivity contribution in [3.05, 3.63) is 34.9 Å². The van der Waals surface area contributed by atoms with Crippen molar-refractivity contribution < 1.29 is 4.74 Å². The second-order valence-electron chi connectivity index (χ2n) is 5.85. The van der Waals surface area contributed by atoms with Crippen LogP contribution in [0.4, 0.5) is 0 Å². The van der Waals surface area contributed by atoms with Crippen LogP contribution < -0.4 is 5.73 Å². The molecule has 3 heteroatoms. The number of hydrogen-bond acceptors (Lipinski definition) is 3. The summed E-state index contributed by atoms with van der Waals surface area (Å²) in [6, 6.07) is 6.61. The van der Waals surface area contributed by atoms with E-state index in [0.29, 0.717) is 6.10 Å². The number of nitrogens with two attached hydrogens (primary N) is 1. The molecule has 0 spiro atoms. The quantitative estimate of drug-likeness (QED) is 0.812. The molecule has 0 atom stereocenters. The van der Waals surface area contributed by atoms with Gasteiger partial charge in [-0.3, -0.25) is 4.90 Å². The lowest BCUT2D eigenvalue weighted by Crippen LogP contribution is -2.37. The maximum atomic E-state index is 5.86. The lowest BCUT2D eigenvalue weighted by molar-refractivity contribution is 0.00560. The zero-order chi connectivity index (χ0) is 14.4. The van der Waals surface area contributed by atoms with E-state index in [1.165, 1.54) is 16.7 Å². The maximum Gasteiger partial charge on any atom is 0.0599 e. The highest BCUT2D eigenvalue weighted by atomic mass is 16.5. The van der Waals surface area contributed by atoms with Crippen LogP contribution in [0, 0.1) is 13.8 Å². The number of aryl methyl sites for hydroxylation is 1. The summed E-state index contributed by atoms with van der Waals surface area (Å²) in [6.07, 6.45) is 3.71. The van der Waals surface area contributed by atoms with Crippen LogP contribution in [0.2, 0.25) is 0 Å². The van der Waals surface area contributed by atoms with Gasteiger partial charge in [0.25, 0.3) is 0 Å². The molecule has 0 amide bonds. The molecule has 0 bridgehead atoms. The Morgan fingerprint density at radius 2 is 2.00 bits per heavy atom. The minimum Gasteiger partial charge on any atom is -0.378 e. The second kappa shape index (κ2) is 7.77. The van der Waals surface area contributed by atoms with Gasteiger partial charge in [0.15, 0.2) is 0 Å². The van der Waals surface area contributed by atoms with Gasteiger partial charge in [0.1, 0.15) is 0 Å². The Labute approximate surface area is 123 Å². The summed E-state index contributed by atoms with van der Waals surface area (Å²) in [5.41, 5.74) is 9.79. The number of nitrogens with zero attached hydrogens (tertiary/aromatic N) is 1. The van der Waals surface area contributed by atoms with Crippen molar-refractivity contribution in [2.75, 3.05) is 26.2 Å². The fourth-order valence-electron chi connectivity index (χ4n) is 2.79. The molecule has 2 rings (SSSR count). The molecule has 1 aromatic rings. The van der Waals surface area contributed by atoms with Crippen molar-refractivity contribution in [3.8, 4) is 0 Å². The van der Waals surface area contributed by atoms with Crippen LogP contribution in [-0.4, -0.2) is 37.2 Å². The van der Waals surface area contributed by atoms with Crippen molar-refractivity contribution in [2.45, 2.75) is 45.8 Å². The van der Waals surface area contributed by atoms with Gasteiger partial charge in [0.05, 0.1) is 6.10 Å². The van der Waals surface area contributed by atoms with E-state index in [2.05, 4.69) is 36.9 Å². The maximum absolute atomic E-state index is 5.86. The molecule has 1 aliphatic rings. The third-order valence-corrected chi connectivity index (χ3v) is 4.35. The van der Waals surface area contributed by atoms with Crippen LogP contribution in [-0.2, 0) is 11.3 Å². The van der Waals surface area contributed by atoms with Gasteiger partial charge < -0.3 is 10.5 Å². The zero-order valence-corrected chi connectivity index (χ0v) is 12.9. The molecular formula is C17H28N2O. The van der Waals surface area contributed by atoms with E-state index < -0.39 is 0 Å². The Bertz CT molecular complexity index is 411. The Balaban J connectivity index is 1.78. The van der Waals surface area contributed by atoms with E-state index in [-0.39, 0.29) is 0 Å². The van der Waals surface area contributed by atoms with Gasteiger partial charge in [-0.2, -0.15) is 0 Å². The van der Waals surface area contributed by atoms with Gasteiger partial charge in [-0.15, -0.1) is 0 Å². The van der Waals surface area contributed by atoms with Crippen LogP contribution in [0.3, 0.4) is 0 Å². The summed E-state index contributed by atoms with van der Waals surface area (Å²) in [6.45, 7) is 9.32. The van der Waals surface area contributed by atoms with E-state index in [0.717, 1.165) is 52.0 Å². The third kappa shape index (κ3) is 4.30. The van der Waals surface area contributed by atoms with Gasteiger partial charge in [0, 0.05) is 26.2 Å². The molecule has 3 nitrogen and oxygen atoms in total. The van der Waals surface area contributed by atoms with E-state index in [1.807, 2.05) is 0 Å². The molecule has 2 N–H and O–H groups in total. The van der Waals surface area contributed by atoms with Crippen molar-refractivity contribution in [2.24, 2.45) is 5.73 Å². The molecular weight excluding hydrogens is 248 g/mol. The summed E-state index contributed by atoms with van der Waals surface area (Å²) in [4.78, 5) is 2.55. The summed E-state index contributed by atoms with van der Waals surface area (Å²) in [7, 11) is 0. The highest BCUT2D eigenvalue weighted by molar-refractivity contribution is 5.33. The van der Waals surface area contributed by atoms with Crippen molar-refractivity contribution in [1.82, 2.24) is 4.90 Å². The van der Waals surface area contributed by atoms with Crippen molar-refractivity contribution in [1.29, 1.82) is 0 Å². The topological polar surface area (TPSA) is 38.5 Å². The molecule has 112 valence electrons. The van der Waals surface area contributed by atoms with Crippen molar-refractivity contribution in [3.63, 3.8) is 0 Å². The highest BCUT2D eigenvalue weighted by Gasteiger charge is 2.19. The Hall–Kier alpha value is -0.900. The van der Waals surface area contributed by atoms with E-state index >= 15 is 0 Å². The van der Waals surface area contributed by atoms with E-state index in [9.17, 15) is 0 Å². The normalized spacial score (nSPS) is 17.6. The van der Waals surface area contributed by atoms with Gasteiger partial charge in [0.2, 0.25) is 0 Å². The van der Waals surface area contributed by atoms with Crippen LogP contribution in [0.15, 0.2) is 18.2 Å². The second-order valence-corrected chi connectivity index (χ2v) is 5.85. The smallest absolute Gasteiger partial charge is 0.0599 e. The highest BCUT2D eigenvalue weighted by Crippen LogP contribution is 2.19. The Morgan fingerprint density at radius 1 is 1.25 bits per heavy atom. The molecule has 20 heavy (non-hydrogen) atoms. The predicted molar refractivity (Wildman–Crippen MR) is 83.8 cm³/mol. The number of piperidine rings is 1. The molecule has 1 aliphatic heterocycles. The zero-order valence-electron chi connectivity index (χ0n) is 12.9. The molecule has 0 radical (unpaired) electrons. The molecule has 1 fully saturated rings. The number of ether oxygens (including phenoxy) is 1. The van der Waals surface area contributed by atoms with Crippen LogP contribution in [0.1, 0.15) is 36.0 Å². The first-order valence-electron chi connectivity index (χ1n) is 7.80. The summed E-state index contributed by atoms with van der Waals surface area (Å²) < 4.78 is 5.86. The largest absolute Gasteiger partial charge is 0.378 e. The molecule has 1 saturated heterocycles. The third-order valence-electron chi connectivity index (χ3n) is 4.35. The first-order chi connectivity index (χ1) is 9.70. The number of rotatable bonds is 6. The fraction of sp³-hybridized carbons (Fsp3) is 0.647. The van der Waals surface area contributed by atoms with Crippen LogP contribution >= 0.6 is 0 Å². The monoisotopic (exact) mass is 276 g/mol. The van der Waals surface area contributed by atoms with Crippen LogP contribution in [0.25, 0.3) is 0 Å². The first-order valence-corrected chi connectivity index (χ1v) is 7.80. The number of likely N-dealkylation sites (tertiary alicyclic amines) is 1. The average Bonchev–Trinajstić information content (AvgIpc) is 2.46. The Kier molecular flexibility index (Phi) is 6.02. The van der Waals surface area contributed by atoms with E-state index in [4.69, 9.17) is 10.5 Å². The lowest BCUT2D eigenvalue weighted by atomic mass is 10.0. The van der Waals surface area contributed by atoms with Gasteiger partial charge >= 0.3 is 0 Å². The summed E-state index contributed by atoms with van der Waals surface area (Å²) in [5, 5.41) is 0. The van der Waals surface area contributed by atoms with Gasteiger partial charge in [-0.1, -0.05) is 18.2 Å². The molecule has 0 aromatic heterocycles. The fourth-order valence-corrected chi connectivity index (χ4v) is 2.79. The molecule has 0 unspecified atom stereocenters. The summed E-state index contributed by atoms with van der Waals surface area (Å²) in [5.74, 6) is 0. The van der Waals surface area contributed by atoms with E-state index in [1.54, 1.807) is 0 Å². The first kappa shape index (κ1) is 15.5. The SMILES string of the molecule is Cc1cccc(CN2CCC(OCCCN)CC2)c1C. The number of benzene rings is 1. The standard InChI is InChI=1S/C17H28N2O/c1-14-5-3-6-16(15(14)2)13-19-10-7-17(8-11-19)20-12-4-9-18/h3,5-6,17H,4,7-13,18H2,1-2H3.